The Bertz CT molecular complexity index is 285. The SMILES string of the molecule is CCCCCCCCC(=O)O[C@@H]1C[C@H](C)CC[C@H]1C(C)C. The van der Waals surface area contributed by atoms with Crippen LogP contribution >= 0.6 is 0 Å². The molecule has 0 aromatic carbocycles. The van der Waals surface area contributed by atoms with Crippen molar-refractivity contribution < 1.29 is 9.53 Å². The second-order valence-electron chi connectivity index (χ2n) is 7.37. The molecule has 0 saturated heterocycles. The first-order valence-corrected chi connectivity index (χ1v) is 9.24. The molecule has 0 bridgehead atoms. The Hall–Kier alpha value is -0.530. The third kappa shape index (κ3) is 7.33. The summed E-state index contributed by atoms with van der Waals surface area (Å²) in [5.74, 6) is 1.92. The largest absolute Gasteiger partial charge is 0.462 e. The third-order valence-corrected chi connectivity index (χ3v) is 4.98. The standard InChI is InChI=1S/C19H36O2/c1-5-6-7-8-9-10-11-19(20)21-18-14-16(4)12-13-17(18)15(2)3/h15-18H,5-14H2,1-4H3/t16-,17+,18-/m1/s1. The lowest BCUT2D eigenvalue weighted by Crippen LogP contribution is -2.35. The second kappa shape index (κ2) is 10.2. The first-order valence-electron chi connectivity index (χ1n) is 9.24. The summed E-state index contributed by atoms with van der Waals surface area (Å²) in [6.07, 6.45) is 11.7. The van der Waals surface area contributed by atoms with Crippen molar-refractivity contribution in [2.75, 3.05) is 0 Å². The molecule has 0 unspecified atom stereocenters. The summed E-state index contributed by atoms with van der Waals surface area (Å²) in [5, 5.41) is 0. The summed E-state index contributed by atoms with van der Waals surface area (Å²) in [6, 6.07) is 0. The molecule has 1 aliphatic carbocycles. The Kier molecular flexibility index (Phi) is 9.03. The first-order chi connectivity index (χ1) is 10.0. The maximum absolute atomic E-state index is 12.1. The fourth-order valence-corrected chi connectivity index (χ4v) is 3.53. The molecule has 1 saturated carbocycles. The first kappa shape index (κ1) is 18.5. The Balaban J connectivity index is 2.24. The van der Waals surface area contributed by atoms with E-state index in [0.717, 1.165) is 12.8 Å². The van der Waals surface area contributed by atoms with E-state index in [2.05, 4.69) is 27.7 Å². The van der Waals surface area contributed by atoms with Gasteiger partial charge in [-0.05, 0) is 37.0 Å². The van der Waals surface area contributed by atoms with Crippen LogP contribution in [0.15, 0.2) is 0 Å². The van der Waals surface area contributed by atoms with Crippen LogP contribution in [0.25, 0.3) is 0 Å². The van der Waals surface area contributed by atoms with Crippen molar-refractivity contribution in [3.8, 4) is 0 Å². The van der Waals surface area contributed by atoms with Crippen molar-refractivity contribution in [3.05, 3.63) is 0 Å². The predicted molar refractivity (Wildman–Crippen MR) is 89.2 cm³/mol. The van der Waals surface area contributed by atoms with Gasteiger partial charge >= 0.3 is 5.97 Å². The fraction of sp³-hybridized carbons (Fsp3) is 0.947. The van der Waals surface area contributed by atoms with Crippen LogP contribution in [-0.4, -0.2) is 12.1 Å². The highest BCUT2D eigenvalue weighted by molar-refractivity contribution is 5.69. The molecule has 2 heteroatoms. The van der Waals surface area contributed by atoms with Crippen LogP contribution < -0.4 is 0 Å². The van der Waals surface area contributed by atoms with Gasteiger partial charge in [-0.25, -0.2) is 0 Å². The number of rotatable bonds is 9. The number of unbranched alkanes of at least 4 members (excludes halogenated alkanes) is 5. The monoisotopic (exact) mass is 296 g/mol. The summed E-state index contributed by atoms with van der Waals surface area (Å²) >= 11 is 0. The van der Waals surface area contributed by atoms with Crippen molar-refractivity contribution >= 4 is 5.97 Å². The highest BCUT2D eigenvalue weighted by Gasteiger charge is 2.33. The molecule has 0 spiro atoms. The average Bonchev–Trinajstić information content (AvgIpc) is 2.42. The molecule has 0 aliphatic heterocycles. The van der Waals surface area contributed by atoms with E-state index in [0.29, 0.717) is 24.2 Å². The minimum Gasteiger partial charge on any atom is -0.462 e. The van der Waals surface area contributed by atoms with Crippen molar-refractivity contribution in [1.29, 1.82) is 0 Å². The van der Waals surface area contributed by atoms with E-state index >= 15 is 0 Å². The third-order valence-electron chi connectivity index (χ3n) is 4.98. The van der Waals surface area contributed by atoms with E-state index in [4.69, 9.17) is 4.74 Å². The average molecular weight is 296 g/mol. The summed E-state index contributed by atoms with van der Waals surface area (Å²) in [6.45, 7) is 9.03. The number of carbonyl (C=O) groups excluding carboxylic acids is 1. The molecule has 1 fully saturated rings. The van der Waals surface area contributed by atoms with Crippen LogP contribution in [0, 0.1) is 17.8 Å². The molecule has 1 aliphatic rings. The molecular formula is C19H36O2. The maximum Gasteiger partial charge on any atom is 0.306 e. The quantitative estimate of drug-likeness (QED) is 0.400. The van der Waals surface area contributed by atoms with Crippen molar-refractivity contribution in [2.24, 2.45) is 17.8 Å². The molecule has 1 rings (SSSR count). The zero-order valence-corrected chi connectivity index (χ0v) is 14.7. The van der Waals surface area contributed by atoms with E-state index in [1.807, 2.05) is 0 Å². The van der Waals surface area contributed by atoms with E-state index < -0.39 is 0 Å². The molecule has 21 heavy (non-hydrogen) atoms. The molecule has 0 aromatic rings. The molecule has 2 nitrogen and oxygen atoms in total. The molecule has 3 atom stereocenters. The van der Waals surface area contributed by atoms with Crippen LogP contribution in [0.2, 0.25) is 0 Å². The van der Waals surface area contributed by atoms with Crippen molar-refractivity contribution in [3.63, 3.8) is 0 Å². The maximum atomic E-state index is 12.1. The Morgan fingerprint density at radius 3 is 2.43 bits per heavy atom. The summed E-state index contributed by atoms with van der Waals surface area (Å²) in [5.41, 5.74) is 0. The van der Waals surface area contributed by atoms with Crippen LogP contribution in [0.3, 0.4) is 0 Å². The Labute approximate surface area is 132 Å². The second-order valence-corrected chi connectivity index (χ2v) is 7.37. The summed E-state index contributed by atoms with van der Waals surface area (Å²) in [7, 11) is 0. The zero-order valence-electron chi connectivity index (χ0n) is 14.7. The van der Waals surface area contributed by atoms with Gasteiger partial charge in [-0.3, -0.25) is 4.79 Å². The molecule has 0 aromatic heterocycles. The zero-order chi connectivity index (χ0) is 15.7. The van der Waals surface area contributed by atoms with Gasteiger partial charge < -0.3 is 4.74 Å². The smallest absolute Gasteiger partial charge is 0.306 e. The van der Waals surface area contributed by atoms with Gasteiger partial charge in [0.25, 0.3) is 0 Å². The van der Waals surface area contributed by atoms with Gasteiger partial charge in [0, 0.05) is 6.42 Å². The number of hydrogen-bond donors (Lipinski definition) is 0. The van der Waals surface area contributed by atoms with E-state index in [9.17, 15) is 4.79 Å². The van der Waals surface area contributed by atoms with Gasteiger partial charge in [0.1, 0.15) is 6.10 Å². The van der Waals surface area contributed by atoms with Crippen molar-refractivity contribution in [2.45, 2.75) is 98.0 Å². The minimum atomic E-state index is 0.0373. The molecule has 0 radical (unpaired) electrons. The van der Waals surface area contributed by atoms with Crippen molar-refractivity contribution in [1.82, 2.24) is 0 Å². The van der Waals surface area contributed by atoms with E-state index in [-0.39, 0.29) is 12.1 Å². The lowest BCUT2D eigenvalue weighted by Gasteiger charge is -2.36. The fourth-order valence-electron chi connectivity index (χ4n) is 3.53. The van der Waals surface area contributed by atoms with E-state index in [1.165, 1.54) is 44.9 Å². The van der Waals surface area contributed by atoms with Crippen LogP contribution in [0.5, 0.6) is 0 Å². The molecule has 0 amide bonds. The molecule has 124 valence electrons. The number of carbonyl (C=O) groups is 1. The summed E-state index contributed by atoms with van der Waals surface area (Å²) < 4.78 is 5.82. The number of ether oxygens (including phenoxy) is 1. The van der Waals surface area contributed by atoms with Gasteiger partial charge in [0.2, 0.25) is 0 Å². The number of esters is 1. The van der Waals surface area contributed by atoms with Crippen LogP contribution in [-0.2, 0) is 9.53 Å². The van der Waals surface area contributed by atoms with Gasteiger partial charge in [0.05, 0.1) is 0 Å². The highest BCUT2D eigenvalue weighted by Crippen LogP contribution is 2.35. The Morgan fingerprint density at radius 1 is 1.10 bits per heavy atom. The highest BCUT2D eigenvalue weighted by atomic mass is 16.5. The minimum absolute atomic E-state index is 0.0373. The molecule has 0 heterocycles. The predicted octanol–water partition coefficient (Wildman–Crippen LogP) is 5.74. The van der Waals surface area contributed by atoms with E-state index in [1.54, 1.807) is 0 Å². The summed E-state index contributed by atoms with van der Waals surface area (Å²) in [4.78, 5) is 12.1. The molecule has 0 N–H and O–H groups in total. The van der Waals surface area contributed by atoms with Gasteiger partial charge in [-0.15, -0.1) is 0 Å². The normalized spacial score (nSPS) is 26.0. The van der Waals surface area contributed by atoms with Gasteiger partial charge in [0.15, 0.2) is 0 Å². The number of hydrogen-bond acceptors (Lipinski definition) is 2. The molecular weight excluding hydrogens is 260 g/mol. The topological polar surface area (TPSA) is 26.3 Å². The van der Waals surface area contributed by atoms with Crippen LogP contribution in [0.1, 0.15) is 91.9 Å². The van der Waals surface area contributed by atoms with Gasteiger partial charge in [-0.2, -0.15) is 0 Å². The Morgan fingerprint density at radius 2 is 1.76 bits per heavy atom. The van der Waals surface area contributed by atoms with Crippen LogP contribution in [0.4, 0.5) is 0 Å². The lowest BCUT2D eigenvalue weighted by molar-refractivity contribution is -0.156. The lowest BCUT2D eigenvalue weighted by atomic mass is 9.75. The van der Waals surface area contributed by atoms with Gasteiger partial charge in [-0.1, -0.05) is 66.2 Å².